The topological polar surface area (TPSA) is 64.1 Å². The second kappa shape index (κ2) is 7.33. The molecule has 0 spiro atoms. The van der Waals surface area contributed by atoms with E-state index in [0.717, 1.165) is 11.1 Å². The minimum Gasteiger partial charge on any atom is -0.461 e. The average Bonchev–Trinajstić information content (AvgIpc) is 3.36. The van der Waals surface area contributed by atoms with Gasteiger partial charge in [-0.05, 0) is 35.4 Å². The Hall–Kier alpha value is -3.25. The van der Waals surface area contributed by atoms with E-state index in [1.807, 2.05) is 30.3 Å². The van der Waals surface area contributed by atoms with Crippen LogP contribution in [0.15, 0.2) is 81.9 Å². The standard InChI is InChI=1S/C20H16FN3O2/c21-16-10-8-15(9-11-16)19(14-5-2-1-3-6-14)22-13-18-23-20(24-26-18)17-7-4-12-25-17/h1-12,19,22H,13H2. The number of nitrogens with zero attached hydrogens (tertiary/aromatic N) is 2. The fraction of sp³-hybridized carbons (Fsp3) is 0.100. The predicted molar refractivity (Wildman–Crippen MR) is 93.5 cm³/mol. The maximum Gasteiger partial charge on any atom is 0.241 e. The first-order valence-corrected chi connectivity index (χ1v) is 8.20. The summed E-state index contributed by atoms with van der Waals surface area (Å²) < 4.78 is 23.8. The Kier molecular flexibility index (Phi) is 4.57. The van der Waals surface area contributed by atoms with Gasteiger partial charge in [0.1, 0.15) is 5.82 Å². The number of nitrogens with one attached hydrogen (secondary N) is 1. The molecule has 0 aliphatic heterocycles. The van der Waals surface area contributed by atoms with Crippen LogP contribution in [0.25, 0.3) is 11.6 Å². The molecular weight excluding hydrogens is 333 g/mol. The monoisotopic (exact) mass is 349 g/mol. The summed E-state index contributed by atoms with van der Waals surface area (Å²) in [5.74, 6) is 1.14. The van der Waals surface area contributed by atoms with E-state index in [4.69, 9.17) is 8.94 Å². The lowest BCUT2D eigenvalue weighted by atomic mass is 9.98. The van der Waals surface area contributed by atoms with Crippen molar-refractivity contribution in [2.45, 2.75) is 12.6 Å². The van der Waals surface area contributed by atoms with Crippen molar-refractivity contribution in [2.24, 2.45) is 0 Å². The lowest BCUT2D eigenvalue weighted by molar-refractivity contribution is 0.362. The summed E-state index contributed by atoms with van der Waals surface area (Å²) in [6, 6.07) is 19.8. The molecule has 6 heteroatoms. The van der Waals surface area contributed by atoms with E-state index in [0.29, 0.717) is 24.0 Å². The molecule has 0 aliphatic rings. The van der Waals surface area contributed by atoms with Gasteiger partial charge in [0.15, 0.2) is 5.76 Å². The van der Waals surface area contributed by atoms with Gasteiger partial charge in [-0.3, -0.25) is 5.32 Å². The smallest absolute Gasteiger partial charge is 0.241 e. The fourth-order valence-electron chi connectivity index (χ4n) is 2.75. The first-order valence-electron chi connectivity index (χ1n) is 8.20. The first kappa shape index (κ1) is 16.2. The Bertz CT molecular complexity index is 950. The maximum absolute atomic E-state index is 13.3. The van der Waals surface area contributed by atoms with Crippen LogP contribution in [0.4, 0.5) is 4.39 Å². The van der Waals surface area contributed by atoms with Gasteiger partial charge in [0.25, 0.3) is 0 Å². The number of halogens is 1. The Balaban J connectivity index is 1.54. The van der Waals surface area contributed by atoms with Crippen LogP contribution in [-0.2, 0) is 6.54 Å². The molecule has 4 rings (SSSR count). The summed E-state index contributed by atoms with van der Waals surface area (Å²) in [4.78, 5) is 4.33. The van der Waals surface area contributed by atoms with Crippen LogP contribution < -0.4 is 5.32 Å². The Morgan fingerprint density at radius 3 is 2.42 bits per heavy atom. The van der Waals surface area contributed by atoms with Crippen LogP contribution in [0.1, 0.15) is 23.1 Å². The van der Waals surface area contributed by atoms with Crippen molar-refractivity contribution >= 4 is 0 Å². The zero-order valence-corrected chi connectivity index (χ0v) is 13.8. The zero-order chi connectivity index (χ0) is 17.8. The lowest BCUT2D eigenvalue weighted by Crippen LogP contribution is -2.22. The summed E-state index contributed by atoms with van der Waals surface area (Å²) in [6.45, 7) is 0.366. The molecule has 2 aromatic heterocycles. The summed E-state index contributed by atoms with van der Waals surface area (Å²) >= 11 is 0. The van der Waals surface area contributed by atoms with E-state index < -0.39 is 0 Å². The summed E-state index contributed by atoms with van der Waals surface area (Å²) in [6.07, 6.45) is 1.56. The van der Waals surface area contributed by atoms with E-state index in [9.17, 15) is 4.39 Å². The molecule has 0 saturated carbocycles. The minimum absolute atomic E-state index is 0.129. The fourth-order valence-corrected chi connectivity index (χ4v) is 2.75. The minimum atomic E-state index is -0.263. The van der Waals surface area contributed by atoms with Gasteiger partial charge < -0.3 is 8.94 Å². The Labute approximate surface area is 149 Å². The predicted octanol–water partition coefficient (Wildman–Crippen LogP) is 4.35. The quantitative estimate of drug-likeness (QED) is 0.561. The third-order valence-electron chi connectivity index (χ3n) is 4.00. The van der Waals surface area contributed by atoms with Crippen molar-refractivity contribution in [3.8, 4) is 11.6 Å². The van der Waals surface area contributed by atoms with Gasteiger partial charge in [0, 0.05) is 0 Å². The Morgan fingerprint density at radius 2 is 1.69 bits per heavy atom. The van der Waals surface area contributed by atoms with E-state index >= 15 is 0 Å². The molecule has 1 atom stereocenters. The van der Waals surface area contributed by atoms with Crippen LogP contribution in [-0.4, -0.2) is 10.1 Å². The van der Waals surface area contributed by atoms with Gasteiger partial charge in [-0.25, -0.2) is 4.39 Å². The normalized spacial score (nSPS) is 12.2. The number of benzene rings is 2. The highest BCUT2D eigenvalue weighted by atomic mass is 19.1. The SMILES string of the molecule is Fc1ccc(C(NCc2nc(-c3ccco3)no2)c2ccccc2)cc1. The van der Waals surface area contributed by atoms with Crippen LogP contribution in [0.5, 0.6) is 0 Å². The van der Waals surface area contributed by atoms with Crippen molar-refractivity contribution in [3.05, 3.63) is 95.8 Å². The van der Waals surface area contributed by atoms with Crippen molar-refractivity contribution < 1.29 is 13.3 Å². The van der Waals surface area contributed by atoms with Crippen molar-refractivity contribution in [2.75, 3.05) is 0 Å². The highest BCUT2D eigenvalue weighted by molar-refractivity contribution is 5.44. The lowest BCUT2D eigenvalue weighted by Gasteiger charge is -2.19. The first-order chi connectivity index (χ1) is 12.8. The molecule has 0 bridgehead atoms. The van der Waals surface area contributed by atoms with Gasteiger partial charge in [-0.1, -0.05) is 47.6 Å². The van der Waals surface area contributed by atoms with E-state index in [1.54, 1.807) is 30.5 Å². The van der Waals surface area contributed by atoms with E-state index in [1.165, 1.54) is 12.1 Å². The van der Waals surface area contributed by atoms with Crippen LogP contribution >= 0.6 is 0 Å². The molecule has 0 aliphatic carbocycles. The molecule has 0 amide bonds. The number of furan rings is 1. The van der Waals surface area contributed by atoms with Gasteiger partial charge in [0.2, 0.25) is 11.7 Å². The van der Waals surface area contributed by atoms with Crippen LogP contribution in [0, 0.1) is 5.82 Å². The van der Waals surface area contributed by atoms with Gasteiger partial charge in [0.05, 0.1) is 18.8 Å². The van der Waals surface area contributed by atoms with Crippen LogP contribution in [0.2, 0.25) is 0 Å². The molecule has 1 unspecified atom stereocenters. The zero-order valence-electron chi connectivity index (χ0n) is 13.8. The van der Waals surface area contributed by atoms with Crippen molar-refractivity contribution in [1.29, 1.82) is 0 Å². The maximum atomic E-state index is 13.3. The third kappa shape index (κ3) is 3.55. The average molecular weight is 349 g/mol. The van der Waals surface area contributed by atoms with Crippen LogP contribution in [0.3, 0.4) is 0 Å². The number of rotatable bonds is 6. The Morgan fingerprint density at radius 1 is 0.923 bits per heavy atom. The van der Waals surface area contributed by atoms with Gasteiger partial charge in [-0.15, -0.1) is 0 Å². The molecular formula is C20H16FN3O2. The molecule has 0 saturated heterocycles. The number of hydrogen-bond donors (Lipinski definition) is 1. The summed E-state index contributed by atoms with van der Waals surface area (Å²) in [5.41, 5.74) is 2.01. The highest BCUT2D eigenvalue weighted by Crippen LogP contribution is 2.23. The molecule has 26 heavy (non-hydrogen) atoms. The second-order valence-corrected chi connectivity index (χ2v) is 5.77. The number of aromatic nitrogens is 2. The second-order valence-electron chi connectivity index (χ2n) is 5.77. The molecule has 5 nitrogen and oxygen atoms in total. The van der Waals surface area contributed by atoms with Gasteiger partial charge >= 0.3 is 0 Å². The molecule has 0 radical (unpaired) electrons. The van der Waals surface area contributed by atoms with Crippen molar-refractivity contribution in [3.63, 3.8) is 0 Å². The van der Waals surface area contributed by atoms with E-state index in [-0.39, 0.29) is 11.9 Å². The summed E-state index contributed by atoms with van der Waals surface area (Å²) in [5, 5.41) is 7.32. The molecule has 0 fully saturated rings. The van der Waals surface area contributed by atoms with Crippen molar-refractivity contribution in [1.82, 2.24) is 15.5 Å². The third-order valence-corrected chi connectivity index (χ3v) is 4.00. The summed E-state index contributed by atoms with van der Waals surface area (Å²) in [7, 11) is 0. The largest absolute Gasteiger partial charge is 0.461 e. The molecule has 130 valence electrons. The highest BCUT2D eigenvalue weighted by Gasteiger charge is 2.16. The van der Waals surface area contributed by atoms with E-state index in [2.05, 4.69) is 15.5 Å². The van der Waals surface area contributed by atoms with Gasteiger partial charge in [-0.2, -0.15) is 4.98 Å². The molecule has 4 aromatic rings. The molecule has 1 N–H and O–H groups in total. The molecule has 2 heterocycles. The molecule has 2 aromatic carbocycles. The number of hydrogen-bond acceptors (Lipinski definition) is 5.